The van der Waals surface area contributed by atoms with Gasteiger partial charge in [-0.3, -0.25) is 4.79 Å². The SMILES string of the molecule is O=C(CCN(CC1CC1)CC1CC1)c1ccccc1Cl. The molecule has 2 nitrogen and oxygen atoms in total. The zero-order chi connectivity index (χ0) is 13.9. The van der Waals surface area contributed by atoms with Crippen LogP contribution in [0, 0.1) is 11.8 Å². The second kappa shape index (κ2) is 6.28. The van der Waals surface area contributed by atoms with Crippen LogP contribution in [0.15, 0.2) is 24.3 Å². The molecule has 0 radical (unpaired) electrons. The predicted octanol–water partition coefficient (Wildman–Crippen LogP) is 4.03. The average molecular weight is 292 g/mol. The van der Waals surface area contributed by atoms with Crippen LogP contribution in [-0.4, -0.2) is 30.3 Å². The number of nitrogens with zero attached hydrogens (tertiary/aromatic N) is 1. The number of benzene rings is 1. The largest absolute Gasteiger partial charge is 0.302 e. The number of rotatable bonds is 8. The van der Waals surface area contributed by atoms with Crippen LogP contribution in [0.2, 0.25) is 5.02 Å². The second-order valence-electron chi connectivity index (χ2n) is 6.30. The number of hydrogen-bond donors (Lipinski definition) is 0. The molecular formula is C17H22ClNO. The molecule has 0 unspecified atom stereocenters. The summed E-state index contributed by atoms with van der Waals surface area (Å²) in [5.74, 6) is 1.96. The summed E-state index contributed by atoms with van der Waals surface area (Å²) in [7, 11) is 0. The van der Waals surface area contributed by atoms with Crippen molar-refractivity contribution in [2.75, 3.05) is 19.6 Å². The van der Waals surface area contributed by atoms with E-state index in [-0.39, 0.29) is 5.78 Å². The summed E-state index contributed by atoms with van der Waals surface area (Å²) in [6.07, 6.45) is 6.08. The van der Waals surface area contributed by atoms with E-state index in [2.05, 4.69) is 4.90 Å². The molecule has 1 aromatic rings. The molecule has 20 heavy (non-hydrogen) atoms. The molecule has 2 aliphatic carbocycles. The fourth-order valence-corrected chi connectivity index (χ4v) is 2.91. The van der Waals surface area contributed by atoms with E-state index in [4.69, 9.17) is 11.6 Å². The van der Waals surface area contributed by atoms with E-state index in [0.717, 1.165) is 18.4 Å². The molecule has 0 spiro atoms. The highest BCUT2D eigenvalue weighted by atomic mass is 35.5. The monoisotopic (exact) mass is 291 g/mol. The molecule has 0 amide bonds. The third-order valence-electron chi connectivity index (χ3n) is 4.26. The summed E-state index contributed by atoms with van der Waals surface area (Å²) in [6, 6.07) is 7.37. The molecule has 2 saturated carbocycles. The Labute approximate surface area is 126 Å². The molecule has 0 heterocycles. The second-order valence-corrected chi connectivity index (χ2v) is 6.71. The first-order valence-electron chi connectivity index (χ1n) is 7.72. The molecule has 1 aromatic carbocycles. The lowest BCUT2D eigenvalue weighted by molar-refractivity contribution is 0.0961. The zero-order valence-electron chi connectivity index (χ0n) is 11.9. The van der Waals surface area contributed by atoms with Crippen LogP contribution in [0.1, 0.15) is 42.5 Å². The van der Waals surface area contributed by atoms with Crippen LogP contribution in [0.25, 0.3) is 0 Å². The van der Waals surface area contributed by atoms with Crippen LogP contribution in [-0.2, 0) is 0 Å². The Bertz CT molecular complexity index is 466. The summed E-state index contributed by atoms with van der Waals surface area (Å²) in [5.41, 5.74) is 0.673. The Kier molecular flexibility index (Phi) is 4.42. The molecule has 0 aliphatic heterocycles. The highest BCUT2D eigenvalue weighted by Crippen LogP contribution is 2.33. The lowest BCUT2D eigenvalue weighted by atomic mass is 10.1. The van der Waals surface area contributed by atoms with Gasteiger partial charge < -0.3 is 4.90 Å². The van der Waals surface area contributed by atoms with Gasteiger partial charge in [0.05, 0.1) is 5.02 Å². The van der Waals surface area contributed by atoms with Gasteiger partial charge in [0.15, 0.2) is 5.78 Å². The van der Waals surface area contributed by atoms with Gasteiger partial charge >= 0.3 is 0 Å². The standard InChI is InChI=1S/C17H22ClNO/c18-16-4-2-1-3-15(16)17(20)9-10-19(11-13-5-6-13)12-14-7-8-14/h1-4,13-14H,5-12H2. The highest BCUT2D eigenvalue weighted by molar-refractivity contribution is 6.33. The Morgan fingerprint density at radius 3 is 2.25 bits per heavy atom. The van der Waals surface area contributed by atoms with Gasteiger partial charge in [-0.25, -0.2) is 0 Å². The van der Waals surface area contributed by atoms with Crippen molar-refractivity contribution in [3.05, 3.63) is 34.9 Å². The predicted molar refractivity (Wildman–Crippen MR) is 82.3 cm³/mol. The van der Waals surface area contributed by atoms with Gasteiger partial charge in [-0.15, -0.1) is 0 Å². The molecule has 0 atom stereocenters. The quantitative estimate of drug-likeness (QED) is 0.674. The van der Waals surface area contributed by atoms with Crippen LogP contribution in [0.3, 0.4) is 0 Å². The highest BCUT2D eigenvalue weighted by Gasteiger charge is 2.29. The van der Waals surface area contributed by atoms with Crippen molar-refractivity contribution in [1.29, 1.82) is 0 Å². The van der Waals surface area contributed by atoms with Crippen molar-refractivity contribution < 1.29 is 4.79 Å². The number of hydrogen-bond acceptors (Lipinski definition) is 2. The molecular weight excluding hydrogens is 270 g/mol. The topological polar surface area (TPSA) is 20.3 Å². The molecule has 0 aromatic heterocycles. The Morgan fingerprint density at radius 2 is 1.70 bits per heavy atom. The van der Waals surface area contributed by atoms with Gasteiger partial charge in [-0.1, -0.05) is 23.7 Å². The van der Waals surface area contributed by atoms with E-state index < -0.39 is 0 Å². The van der Waals surface area contributed by atoms with Crippen molar-refractivity contribution in [3.8, 4) is 0 Å². The van der Waals surface area contributed by atoms with Gasteiger partial charge in [0.25, 0.3) is 0 Å². The minimum atomic E-state index is 0.173. The molecule has 2 aliphatic rings. The maximum absolute atomic E-state index is 12.3. The van der Waals surface area contributed by atoms with Crippen LogP contribution >= 0.6 is 11.6 Å². The van der Waals surface area contributed by atoms with E-state index in [1.54, 1.807) is 6.07 Å². The number of ketones is 1. The molecule has 3 heteroatoms. The van der Waals surface area contributed by atoms with Gasteiger partial charge in [0.1, 0.15) is 0 Å². The third kappa shape index (κ3) is 4.07. The number of halogens is 1. The summed E-state index contributed by atoms with van der Waals surface area (Å²) >= 11 is 6.09. The fourth-order valence-electron chi connectivity index (χ4n) is 2.67. The third-order valence-corrected chi connectivity index (χ3v) is 4.59. The first kappa shape index (κ1) is 14.1. The Morgan fingerprint density at radius 1 is 1.10 bits per heavy atom. The van der Waals surface area contributed by atoms with Crippen molar-refractivity contribution in [2.24, 2.45) is 11.8 Å². The van der Waals surface area contributed by atoms with E-state index in [1.165, 1.54) is 38.8 Å². The van der Waals surface area contributed by atoms with E-state index in [9.17, 15) is 4.79 Å². The fraction of sp³-hybridized carbons (Fsp3) is 0.588. The summed E-state index contributed by atoms with van der Waals surface area (Å²) in [6.45, 7) is 3.26. The molecule has 0 bridgehead atoms. The van der Waals surface area contributed by atoms with Crippen LogP contribution < -0.4 is 0 Å². The lowest BCUT2D eigenvalue weighted by Gasteiger charge is -2.21. The van der Waals surface area contributed by atoms with Crippen molar-refractivity contribution >= 4 is 17.4 Å². The van der Waals surface area contributed by atoms with Crippen LogP contribution in [0.5, 0.6) is 0 Å². The van der Waals surface area contributed by atoms with Gasteiger partial charge in [0.2, 0.25) is 0 Å². The molecule has 108 valence electrons. The van der Waals surface area contributed by atoms with E-state index >= 15 is 0 Å². The number of carbonyl (C=O) groups is 1. The van der Waals surface area contributed by atoms with Crippen molar-refractivity contribution in [1.82, 2.24) is 4.90 Å². The molecule has 3 rings (SSSR count). The minimum absolute atomic E-state index is 0.173. The number of carbonyl (C=O) groups excluding carboxylic acids is 1. The van der Waals surface area contributed by atoms with Crippen LogP contribution in [0.4, 0.5) is 0 Å². The number of Topliss-reactive ketones (excluding diaryl/α,β-unsaturated/α-hetero) is 1. The van der Waals surface area contributed by atoms with Gasteiger partial charge in [-0.2, -0.15) is 0 Å². The maximum atomic E-state index is 12.3. The maximum Gasteiger partial charge on any atom is 0.165 e. The lowest BCUT2D eigenvalue weighted by Crippen LogP contribution is -2.30. The summed E-state index contributed by atoms with van der Waals surface area (Å²) < 4.78 is 0. The average Bonchev–Trinajstić information content (AvgIpc) is 3.32. The normalized spacial score (nSPS) is 18.5. The zero-order valence-corrected chi connectivity index (χ0v) is 12.6. The Hall–Kier alpha value is -0.860. The van der Waals surface area contributed by atoms with Crippen molar-refractivity contribution in [3.63, 3.8) is 0 Å². The first-order chi connectivity index (χ1) is 9.72. The van der Waals surface area contributed by atoms with Crippen molar-refractivity contribution in [2.45, 2.75) is 32.1 Å². The molecule has 0 N–H and O–H groups in total. The smallest absolute Gasteiger partial charge is 0.165 e. The molecule has 2 fully saturated rings. The Balaban J connectivity index is 1.52. The van der Waals surface area contributed by atoms with E-state index in [0.29, 0.717) is 17.0 Å². The summed E-state index contributed by atoms with van der Waals surface area (Å²) in [4.78, 5) is 14.8. The summed E-state index contributed by atoms with van der Waals surface area (Å²) in [5, 5.41) is 0.577. The van der Waals surface area contributed by atoms with Gasteiger partial charge in [0, 0.05) is 31.6 Å². The van der Waals surface area contributed by atoms with Gasteiger partial charge in [-0.05, 0) is 49.7 Å². The minimum Gasteiger partial charge on any atom is -0.302 e. The molecule has 0 saturated heterocycles. The first-order valence-corrected chi connectivity index (χ1v) is 8.10. The van der Waals surface area contributed by atoms with E-state index in [1.807, 2.05) is 18.2 Å².